The highest BCUT2D eigenvalue weighted by Crippen LogP contribution is 2.35. The molecule has 0 aliphatic heterocycles. The topological polar surface area (TPSA) is 42.2 Å². The van der Waals surface area contributed by atoms with Crippen molar-refractivity contribution < 1.29 is 13.9 Å². The predicted octanol–water partition coefficient (Wildman–Crippen LogP) is 3.05. The van der Waals surface area contributed by atoms with E-state index in [9.17, 15) is 4.39 Å². The van der Waals surface area contributed by atoms with E-state index in [4.69, 9.17) is 14.7 Å². The number of benzene rings is 1. The maximum absolute atomic E-state index is 13.4. The SMILES string of the molecule is COc1c(C(OC)C(C)C)ccc(F)c1C#N. The molecule has 0 radical (unpaired) electrons. The first-order valence-electron chi connectivity index (χ1n) is 5.36. The van der Waals surface area contributed by atoms with E-state index in [-0.39, 0.29) is 23.3 Å². The van der Waals surface area contributed by atoms with Gasteiger partial charge in [-0.25, -0.2) is 4.39 Å². The first kappa shape index (κ1) is 13.5. The second-order valence-electron chi connectivity index (χ2n) is 4.06. The van der Waals surface area contributed by atoms with Crippen LogP contribution in [0.5, 0.6) is 5.75 Å². The molecule has 0 amide bonds. The molecule has 1 rings (SSSR count). The molecule has 4 heteroatoms. The second kappa shape index (κ2) is 5.65. The van der Waals surface area contributed by atoms with Gasteiger partial charge in [-0.05, 0) is 18.1 Å². The first-order valence-corrected chi connectivity index (χ1v) is 5.36. The van der Waals surface area contributed by atoms with Gasteiger partial charge in [-0.1, -0.05) is 13.8 Å². The van der Waals surface area contributed by atoms with Crippen LogP contribution in [0.1, 0.15) is 31.1 Å². The predicted molar refractivity (Wildman–Crippen MR) is 62.3 cm³/mol. The Morgan fingerprint density at radius 3 is 2.35 bits per heavy atom. The summed E-state index contributed by atoms with van der Waals surface area (Å²) in [5.41, 5.74) is 0.621. The van der Waals surface area contributed by atoms with Crippen LogP contribution in [0.4, 0.5) is 4.39 Å². The summed E-state index contributed by atoms with van der Waals surface area (Å²) in [6.07, 6.45) is -0.224. The van der Waals surface area contributed by atoms with Crippen LogP contribution in [0.3, 0.4) is 0 Å². The first-order chi connectivity index (χ1) is 8.06. The highest BCUT2D eigenvalue weighted by atomic mass is 19.1. The summed E-state index contributed by atoms with van der Waals surface area (Å²) in [5.74, 6) is -0.120. The molecule has 0 aromatic heterocycles. The number of hydrogen-bond donors (Lipinski definition) is 0. The van der Waals surface area contributed by atoms with Gasteiger partial charge in [-0.15, -0.1) is 0 Å². The van der Waals surface area contributed by atoms with E-state index in [0.717, 1.165) is 0 Å². The van der Waals surface area contributed by atoms with Crippen molar-refractivity contribution in [1.82, 2.24) is 0 Å². The van der Waals surface area contributed by atoms with E-state index in [2.05, 4.69) is 0 Å². The third kappa shape index (κ3) is 2.56. The molecule has 0 N–H and O–H groups in total. The third-order valence-electron chi connectivity index (χ3n) is 2.62. The Labute approximate surface area is 101 Å². The Morgan fingerprint density at radius 1 is 1.29 bits per heavy atom. The molecule has 0 spiro atoms. The summed E-state index contributed by atoms with van der Waals surface area (Å²) in [5, 5.41) is 8.94. The standard InChI is InChI=1S/C13H16FNO2/c1-8(2)12(16-3)9-5-6-11(14)10(7-15)13(9)17-4/h5-6,8,12H,1-4H3. The number of rotatable bonds is 4. The van der Waals surface area contributed by atoms with Gasteiger partial charge in [0.15, 0.2) is 0 Å². The smallest absolute Gasteiger partial charge is 0.145 e. The summed E-state index contributed by atoms with van der Waals surface area (Å²) >= 11 is 0. The number of nitriles is 1. The van der Waals surface area contributed by atoms with Crippen molar-refractivity contribution >= 4 is 0 Å². The molecule has 1 atom stereocenters. The van der Waals surface area contributed by atoms with Crippen LogP contribution in [0.15, 0.2) is 12.1 Å². The van der Waals surface area contributed by atoms with Crippen molar-refractivity contribution in [2.24, 2.45) is 5.92 Å². The highest BCUT2D eigenvalue weighted by Gasteiger charge is 2.23. The van der Waals surface area contributed by atoms with Crippen LogP contribution in [-0.4, -0.2) is 14.2 Å². The maximum atomic E-state index is 13.4. The van der Waals surface area contributed by atoms with Gasteiger partial charge in [0.1, 0.15) is 23.2 Å². The van der Waals surface area contributed by atoms with Crippen LogP contribution in [-0.2, 0) is 4.74 Å². The van der Waals surface area contributed by atoms with E-state index in [1.54, 1.807) is 13.2 Å². The summed E-state index contributed by atoms with van der Waals surface area (Å²) in [6, 6.07) is 4.69. The summed E-state index contributed by atoms with van der Waals surface area (Å²) < 4.78 is 23.9. The maximum Gasteiger partial charge on any atom is 0.145 e. The number of halogens is 1. The minimum absolute atomic E-state index is 0.0762. The second-order valence-corrected chi connectivity index (χ2v) is 4.06. The Bertz CT molecular complexity index is 438. The van der Waals surface area contributed by atoms with E-state index in [0.29, 0.717) is 5.56 Å². The fourth-order valence-electron chi connectivity index (χ4n) is 1.88. The summed E-state index contributed by atoms with van der Waals surface area (Å²) in [6.45, 7) is 3.98. The average Bonchev–Trinajstić information content (AvgIpc) is 2.30. The fraction of sp³-hybridized carbons (Fsp3) is 0.462. The van der Waals surface area contributed by atoms with Crippen LogP contribution >= 0.6 is 0 Å². The number of ether oxygens (including phenoxy) is 2. The van der Waals surface area contributed by atoms with Crippen molar-refractivity contribution in [2.45, 2.75) is 20.0 Å². The molecule has 1 aromatic carbocycles. The highest BCUT2D eigenvalue weighted by molar-refractivity contribution is 5.50. The van der Waals surface area contributed by atoms with E-state index >= 15 is 0 Å². The lowest BCUT2D eigenvalue weighted by atomic mass is 9.96. The molecule has 3 nitrogen and oxygen atoms in total. The quantitative estimate of drug-likeness (QED) is 0.808. The van der Waals surface area contributed by atoms with Gasteiger partial charge in [-0.3, -0.25) is 0 Å². The molecule has 1 aromatic rings. The lowest BCUT2D eigenvalue weighted by Crippen LogP contribution is -2.11. The minimum atomic E-state index is -0.577. The van der Waals surface area contributed by atoms with Gasteiger partial charge >= 0.3 is 0 Å². The molecule has 0 fully saturated rings. The summed E-state index contributed by atoms with van der Waals surface area (Å²) in [4.78, 5) is 0. The van der Waals surface area contributed by atoms with Crippen LogP contribution in [0, 0.1) is 23.1 Å². The van der Waals surface area contributed by atoms with Gasteiger partial charge in [-0.2, -0.15) is 5.26 Å². The molecular weight excluding hydrogens is 221 g/mol. The Hall–Kier alpha value is -1.60. The van der Waals surface area contributed by atoms with Crippen LogP contribution < -0.4 is 4.74 Å². The Kier molecular flexibility index (Phi) is 4.47. The summed E-state index contributed by atoms with van der Waals surface area (Å²) in [7, 11) is 3.01. The molecular formula is C13H16FNO2. The lowest BCUT2D eigenvalue weighted by Gasteiger charge is -2.22. The Morgan fingerprint density at radius 2 is 1.94 bits per heavy atom. The van der Waals surface area contributed by atoms with Crippen molar-refractivity contribution in [3.05, 3.63) is 29.1 Å². The molecule has 0 aliphatic rings. The van der Waals surface area contributed by atoms with Crippen molar-refractivity contribution in [1.29, 1.82) is 5.26 Å². The van der Waals surface area contributed by atoms with Crippen molar-refractivity contribution in [2.75, 3.05) is 14.2 Å². The van der Waals surface area contributed by atoms with Crippen LogP contribution in [0.2, 0.25) is 0 Å². The molecule has 92 valence electrons. The molecule has 0 saturated heterocycles. The minimum Gasteiger partial charge on any atom is -0.495 e. The molecule has 0 heterocycles. The fourth-order valence-corrected chi connectivity index (χ4v) is 1.88. The van der Waals surface area contributed by atoms with Crippen molar-refractivity contribution in [3.63, 3.8) is 0 Å². The van der Waals surface area contributed by atoms with Crippen LogP contribution in [0.25, 0.3) is 0 Å². The zero-order chi connectivity index (χ0) is 13.0. The van der Waals surface area contributed by atoms with Gasteiger partial charge in [0.05, 0.1) is 13.2 Å². The van der Waals surface area contributed by atoms with Gasteiger partial charge in [0.25, 0.3) is 0 Å². The molecule has 1 unspecified atom stereocenters. The number of methoxy groups -OCH3 is 2. The van der Waals surface area contributed by atoms with Gasteiger partial charge in [0, 0.05) is 12.7 Å². The number of nitrogens with zero attached hydrogens (tertiary/aromatic N) is 1. The molecule has 0 saturated carbocycles. The molecule has 0 bridgehead atoms. The zero-order valence-corrected chi connectivity index (χ0v) is 10.5. The number of hydrogen-bond acceptors (Lipinski definition) is 3. The zero-order valence-electron chi connectivity index (χ0n) is 10.5. The van der Waals surface area contributed by atoms with E-state index in [1.165, 1.54) is 13.2 Å². The Balaban J connectivity index is 3.39. The van der Waals surface area contributed by atoms with Crippen molar-refractivity contribution in [3.8, 4) is 11.8 Å². The van der Waals surface area contributed by atoms with Gasteiger partial charge in [0.2, 0.25) is 0 Å². The monoisotopic (exact) mass is 237 g/mol. The normalized spacial score (nSPS) is 12.3. The molecule has 17 heavy (non-hydrogen) atoms. The third-order valence-corrected chi connectivity index (χ3v) is 2.62. The molecule has 0 aliphatic carbocycles. The van der Waals surface area contributed by atoms with Gasteiger partial charge < -0.3 is 9.47 Å². The largest absolute Gasteiger partial charge is 0.495 e. The van der Waals surface area contributed by atoms with E-state index < -0.39 is 5.82 Å². The lowest BCUT2D eigenvalue weighted by molar-refractivity contribution is 0.0624. The van der Waals surface area contributed by atoms with E-state index in [1.807, 2.05) is 19.9 Å². The average molecular weight is 237 g/mol.